The number of rotatable bonds is 14. The summed E-state index contributed by atoms with van der Waals surface area (Å²) < 4.78 is 10.9. The standard InChI is InChI=1S/C19H36O5/c1-2-3-4-5-6-7-8-9-10-11-12-13-23-17-15-24-19(18(17)22)16(21)14-20/h6-7,16-22H,2-5,8-15H2,1H3/b7-6+/t16-,17+,18-,19-/m0/s1. The highest BCUT2D eigenvalue weighted by Crippen LogP contribution is 2.20. The first-order valence-corrected chi connectivity index (χ1v) is 9.55. The lowest BCUT2D eigenvalue weighted by Crippen LogP contribution is -2.41. The molecule has 1 fully saturated rings. The highest BCUT2D eigenvalue weighted by Gasteiger charge is 2.40. The van der Waals surface area contributed by atoms with Crippen molar-refractivity contribution >= 4 is 0 Å². The summed E-state index contributed by atoms with van der Waals surface area (Å²) in [6, 6.07) is 0. The van der Waals surface area contributed by atoms with Gasteiger partial charge in [-0.3, -0.25) is 0 Å². The van der Waals surface area contributed by atoms with Crippen molar-refractivity contribution in [1.29, 1.82) is 0 Å². The summed E-state index contributed by atoms with van der Waals surface area (Å²) in [7, 11) is 0. The molecule has 1 heterocycles. The second-order valence-electron chi connectivity index (χ2n) is 6.62. The molecule has 1 rings (SSSR count). The average Bonchev–Trinajstić information content (AvgIpc) is 2.96. The van der Waals surface area contributed by atoms with Crippen molar-refractivity contribution in [3.05, 3.63) is 12.2 Å². The van der Waals surface area contributed by atoms with E-state index in [-0.39, 0.29) is 6.61 Å². The average molecular weight is 344 g/mol. The van der Waals surface area contributed by atoms with E-state index >= 15 is 0 Å². The van der Waals surface area contributed by atoms with Gasteiger partial charge < -0.3 is 24.8 Å². The molecular weight excluding hydrogens is 308 g/mol. The fourth-order valence-corrected chi connectivity index (χ4v) is 2.90. The minimum Gasteiger partial charge on any atom is -0.394 e. The van der Waals surface area contributed by atoms with Gasteiger partial charge in [-0.15, -0.1) is 0 Å². The molecule has 24 heavy (non-hydrogen) atoms. The molecule has 0 aromatic heterocycles. The van der Waals surface area contributed by atoms with Gasteiger partial charge in [-0.2, -0.15) is 0 Å². The van der Waals surface area contributed by atoms with Crippen LogP contribution in [0.1, 0.15) is 64.7 Å². The molecule has 0 bridgehead atoms. The van der Waals surface area contributed by atoms with E-state index in [1.807, 2.05) is 0 Å². The summed E-state index contributed by atoms with van der Waals surface area (Å²) in [4.78, 5) is 0. The predicted molar refractivity (Wildman–Crippen MR) is 94.9 cm³/mol. The number of hydrogen-bond acceptors (Lipinski definition) is 5. The zero-order chi connectivity index (χ0) is 17.6. The number of allylic oxidation sites excluding steroid dienone is 2. The van der Waals surface area contributed by atoms with Crippen molar-refractivity contribution in [3.8, 4) is 0 Å². The summed E-state index contributed by atoms with van der Waals surface area (Å²) >= 11 is 0. The Morgan fingerprint density at radius 2 is 1.75 bits per heavy atom. The Bertz CT molecular complexity index is 321. The van der Waals surface area contributed by atoms with Gasteiger partial charge in [0.05, 0.1) is 13.2 Å². The third kappa shape index (κ3) is 8.58. The predicted octanol–water partition coefficient (Wildman–Crippen LogP) is 2.57. The van der Waals surface area contributed by atoms with Crippen molar-refractivity contribution < 1.29 is 24.8 Å². The van der Waals surface area contributed by atoms with Gasteiger partial charge in [-0.25, -0.2) is 0 Å². The maximum Gasteiger partial charge on any atom is 0.114 e. The maximum atomic E-state index is 10.00. The number of hydrogen-bond donors (Lipinski definition) is 3. The van der Waals surface area contributed by atoms with Gasteiger partial charge in [-0.05, 0) is 32.1 Å². The van der Waals surface area contributed by atoms with Crippen LogP contribution >= 0.6 is 0 Å². The maximum absolute atomic E-state index is 10.00. The van der Waals surface area contributed by atoms with Gasteiger partial charge >= 0.3 is 0 Å². The van der Waals surface area contributed by atoms with Crippen LogP contribution in [-0.4, -0.2) is 59.6 Å². The molecule has 0 saturated carbocycles. The van der Waals surface area contributed by atoms with Gasteiger partial charge in [0.15, 0.2) is 0 Å². The van der Waals surface area contributed by atoms with Crippen molar-refractivity contribution in [1.82, 2.24) is 0 Å². The molecule has 5 nitrogen and oxygen atoms in total. The molecule has 0 spiro atoms. The smallest absolute Gasteiger partial charge is 0.114 e. The summed E-state index contributed by atoms with van der Waals surface area (Å²) in [6.07, 6.45) is 12.3. The zero-order valence-electron chi connectivity index (χ0n) is 15.1. The lowest BCUT2D eigenvalue weighted by Gasteiger charge is -2.20. The highest BCUT2D eigenvalue weighted by molar-refractivity contribution is 4.88. The second kappa shape index (κ2) is 13.8. The van der Waals surface area contributed by atoms with Gasteiger partial charge in [0.1, 0.15) is 24.4 Å². The molecule has 1 aliphatic rings. The van der Waals surface area contributed by atoms with Gasteiger partial charge in [0, 0.05) is 6.61 Å². The van der Waals surface area contributed by atoms with Crippen LogP contribution in [0.5, 0.6) is 0 Å². The van der Waals surface area contributed by atoms with Crippen LogP contribution < -0.4 is 0 Å². The molecule has 4 atom stereocenters. The highest BCUT2D eigenvalue weighted by atomic mass is 16.6. The lowest BCUT2D eigenvalue weighted by molar-refractivity contribution is -0.0730. The van der Waals surface area contributed by atoms with Crippen LogP contribution in [0, 0.1) is 0 Å². The van der Waals surface area contributed by atoms with E-state index in [0.29, 0.717) is 6.61 Å². The first kappa shape index (κ1) is 21.6. The Morgan fingerprint density at radius 3 is 2.42 bits per heavy atom. The van der Waals surface area contributed by atoms with Gasteiger partial charge in [0.2, 0.25) is 0 Å². The van der Waals surface area contributed by atoms with Crippen molar-refractivity contribution in [2.24, 2.45) is 0 Å². The Kier molecular flexibility index (Phi) is 12.4. The first-order valence-electron chi connectivity index (χ1n) is 9.55. The zero-order valence-corrected chi connectivity index (χ0v) is 15.1. The lowest BCUT2D eigenvalue weighted by atomic mass is 10.1. The third-order valence-electron chi connectivity index (χ3n) is 4.47. The SMILES string of the molecule is CCCCC/C=C/CCCCCCO[C@@H]1CO[C@@H]([C@@H](O)CO)[C@H]1O. The Balaban J connectivity index is 1.94. The molecule has 1 saturated heterocycles. The third-order valence-corrected chi connectivity index (χ3v) is 4.47. The molecule has 0 aromatic rings. The molecule has 0 unspecified atom stereocenters. The molecule has 3 N–H and O–H groups in total. The molecule has 0 aromatic carbocycles. The van der Waals surface area contributed by atoms with Crippen LogP contribution in [0.25, 0.3) is 0 Å². The second-order valence-corrected chi connectivity index (χ2v) is 6.62. The Morgan fingerprint density at radius 1 is 1.08 bits per heavy atom. The summed E-state index contributed by atoms with van der Waals surface area (Å²) in [5, 5.41) is 28.4. The molecule has 0 aliphatic carbocycles. The molecule has 0 amide bonds. The Labute approximate surface area is 146 Å². The van der Waals surface area contributed by atoms with Crippen molar-refractivity contribution in [2.45, 2.75) is 89.1 Å². The summed E-state index contributed by atoms with van der Waals surface area (Å²) in [5.41, 5.74) is 0. The number of aliphatic hydroxyl groups is 3. The molecular formula is C19H36O5. The Hall–Kier alpha value is -0.460. The molecule has 142 valence electrons. The first-order chi connectivity index (χ1) is 11.7. The van der Waals surface area contributed by atoms with E-state index in [1.54, 1.807) is 0 Å². The molecule has 1 aliphatic heterocycles. The fraction of sp³-hybridized carbons (Fsp3) is 0.895. The minimum absolute atomic E-state index is 0.270. The number of ether oxygens (including phenoxy) is 2. The molecule has 5 heteroatoms. The van der Waals surface area contributed by atoms with Crippen LogP contribution in [0.2, 0.25) is 0 Å². The molecule has 0 radical (unpaired) electrons. The fourth-order valence-electron chi connectivity index (χ4n) is 2.90. The number of aliphatic hydroxyl groups excluding tert-OH is 3. The van der Waals surface area contributed by atoms with E-state index in [2.05, 4.69) is 19.1 Å². The normalized spacial score (nSPS) is 25.6. The van der Waals surface area contributed by atoms with Crippen molar-refractivity contribution in [3.63, 3.8) is 0 Å². The van der Waals surface area contributed by atoms with Crippen LogP contribution in [0.3, 0.4) is 0 Å². The van der Waals surface area contributed by atoms with Crippen molar-refractivity contribution in [2.75, 3.05) is 19.8 Å². The summed E-state index contributed by atoms with van der Waals surface area (Å²) in [6.45, 7) is 2.68. The van der Waals surface area contributed by atoms with E-state index in [1.165, 1.54) is 38.5 Å². The topological polar surface area (TPSA) is 79.2 Å². The van der Waals surface area contributed by atoms with E-state index in [0.717, 1.165) is 19.3 Å². The van der Waals surface area contributed by atoms with Crippen LogP contribution in [0.15, 0.2) is 12.2 Å². The van der Waals surface area contributed by atoms with Gasteiger partial charge in [-0.1, -0.05) is 44.8 Å². The van der Waals surface area contributed by atoms with E-state index < -0.39 is 31.0 Å². The largest absolute Gasteiger partial charge is 0.394 e. The van der Waals surface area contributed by atoms with Gasteiger partial charge in [0.25, 0.3) is 0 Å². The van der Waals surface area contributed by atoms with E-state index in [9.17, 15) is 10.2 Å². The monoisotopic (exact) mass is 344 g/mol. The summed E-state index contributed by atoms with van der Waals surface area (Å²) in [5.74, 6) is 0. The van der Waals surface area contributed by atoms with Crippen LogP contribution in [-0.2, 0) is 9.47 Å². The van der Waals surface area contributed by atoms with E-state index in [4.69, 9.17) is 14.6 Å². The minimum atomic E-state index is -1.05. The number of unbranched alkanes of at least 4 members (excludes halogenated alkanes) is 7. The van der Waals surface area contributed by atoms with Crippen LogP contribution in [0.4, 0.5) is 0 Å². The quantitative estimate of drug-likeness (QED) is 0.333.